The van der Waals surface area contributed by atoms with Crippen molar-refractivity contribution in [2.75, 3.05) is 31.1 Å². The lowest BCUT2D eigenvalue weighted by Crippen LogP contribution is -2.59. The minimum atomic E-state index is -0.263. The summed E-state index contributed by atoms with van der Waals surface area (Å²) in [7, 11) is 0. The molecule has 0 saturated carbocycles. The molecule has 4 aromatic rings. The molecule has 6 rings (SSSR count). The van der Waals surface area contributed by atoms with Crippen LogP contribution in [-0.4, -0.2) is 56.6 Å². The Morgan fingerprint density at radius 2 is 1.58 bits per heavy atom. The minimum absolute atomic E-state index is 0.263. The van der Waals surface area contributed by atoms with Crippen LogP contribution in [0.5, 0.6) is 0 Å². The van der Waals surface area contributed by atoms with Crippen LogP contribution in [0.1, 0.15) is 12.8 Å². The van der Waals surface area contributed by atoms with E-state index in [1.54, 1.807) is 24.5 Å². The van der Waals surface area contributed by atoms with E-state index in [1.165, 1.54) is 38.1 Å². The standard InChI is InChI=1S/C24H23FN6/c25-18-5-3-17(4-6-18)23-27-21-7-8-22(30-15-20(16-30)29-13-1-2-14-29)28-24(21)31(23)19-9-11-26-12-10-19/h3-12,20H,1-2,13-16H2. The van der Waals surface area contributed by atoms with Crippen molar-refractivity contribution in [2.24, 2.45) is 0 Å². The fourth-order valence-electron chi connectivity index (χ4n) is 4.63. The first-order valence-corrected chi connectivity index (χ1v) is 10.8. The van der Waals surface area contributed by atoms with Crippen LogP contribution in [0.15, 0.2) is 60.9 Å². The summed E-state index contributed by atoms with van der Waals surface area (Å²) < 4.78 is 15.5. The van der Waals surface area contributed by atoms with Crippen molar-refractivity contribution in [2.45, 2.75) is 18.9 Å². The number of hydrogen-bond donors (Lipinski definition) is 0. The van der Waals surface area contributed by atoms with Gasteiger partial charge in [0.2, 0.25) is 0 Å². The van der Waals surface area contributed by atoms with Gasteiger partial charge < -0.3 is 4.90 Å². The van der Waals surface area contributed by atoms with Crippen LogP contribution in [0.4, 0.5) is 10.2 Å². The van der Waals surface area contributed by atoms with Gasteiger partial charge in [-0.2, -0.15) is 0 Å². The molecule has 0 atom stereocenters. The van der Waals surface area contributed by atoms with Crippen molar-refractivity contribution in [1.29, 1.82) is 0 Å². The Kier molecular flexibility index (Phi) is 4.42. The fourth-order valence-corrected chi connectivity index (χ4v) is 4.63. The zero-order valence-electron chi connectivity index (χ0n) is 17.2. The average Bonchev–Trinajstić information content (AvgIpc) is 3.42. The molecule has 0 radical (unpaired) electrons. The number of aromatic nitrogens is 4. The van der Waals surface area contributed by atoms with Crippen molar-refractivity contribution in [3.05, 3.63) is 66.7 Å². The molecule has 0 N–H and O–H groups in total. The van der Waals surface area contributed by atoms with Crippen LogP contribution in [0, 0.1) is 5.82 Å². The van der Waals surface area contributed by atoms with E-state index in [-0.39, 0.29) is 5.82 Å². The second kappa shape index (κ2) is 7.42. The predicted molar refractivity (Wildman–Crippen MR) is 119 cm³/mol. The molecule has 0 bridgehead atoms. The molecule has 2 aliphatic rings. The molecule has 2 aliphatic heterocycles. The second-order valence-corrected chi connectivity index (χ2v) is 8.30. The zero-order chi connectivity index (χ0) is 20.8. The number of pyridine rings is 2. The Morgan fingerprint density at radius 3 is 2.32 bits per heavy atom. The van der Waals surface area contributed by atoms with Crippen molar-refractivity contribution in [3.63, 3.8) is 0 Å². The second-order valence-electron chi connectivity index (χ2n) is 8.30. The van der Waals surface area contributed by atoms with Gasteiger partial charge in [-0.15, -0.1) is 0 Å². The number of nitrogens with zero attached hydrogens (tertiary/aromatic N) is 6. The largest absolute Gasteiger partial charge is 0.353 e. The molecule has 0 spiro atoms. The molecule has 5 heterocycles. The maximum absolute atomic E-state index is 13.5. The van der Waals surface area contributed by atoms with Crippen LogP contribution < -0.4 is 4.90 Å². The van der Waals surface area contributed by atoms with Crippen LogP contribution in [-0.2, 0) is 0 Å². The highest BCUT2D eigenvalue weighted by Gasteiger charge is 2.34. The fraction of sp³-hybridized carbons (Fsp3) is 0.292. The third-order valence-corrected chi connectivity index (χ3v) is 6.36. The van der Waals surface area contributed by atoms with E-state index in [9.17, 15) is 4.39 Å². The van der Waals surface area contributed by atoms with Crippen molar-refractivity contribution in [1.82, 2.24) is 24.4 Å². The Labute approximate surface area is 180 Å². The lowest BCUT2D eigenvalue weighted by atomic mass is 10.1. The minimum Gasteiger partial charge on any atom is -0.353 e. The smallest absolute Gasteiger partial charge is 0.167 e. The maximum atomic E-state index is 13.5. The average molecular weight is 414 g/mol. The number of hydrogen-bond acceptors (Lipinski definition) is 5. The molecule has 3 aromatic heterocycles. The highest BCUT2D eigenvalue weighted by atomic mass is 19.1. The summed E-state index contributed by atoms with van der Waals surface area (Å²) in [5, 5.41) is 0. The molecular formula is C24H23FN6. The molecule has 0 aliphatic carbocycles. The summed E-state index contributed by atoms with van der Waals surface area (Å²) in [6, 6.07) is 15.0. The predicted octanol–water partition coefficient (Wildman–Crippen LogP) is 3.91. The van der Waals surface area contributed by atoms with Gasteiger partial charge in [-0.1, -0.05) is 0 Å². The van der Waals surface area contributed by atoms with Crippen molar-refractivity contribution in [3.8, 4) is 17.1 Å². The summed E-state index contributed by atoms with van der Waals surface area (Å²) in [5.74, 6) is 1.45. The van der Waals surface area contributed by atoms with E-state index in [1.807, 2.05) is 22.8 Å². The molecule has 0 amide bonds. The molecule has 0 unspecified atom stereocenters. The molecule has 2 fully saturated rings. The van der Waals surface area contributed by atoms with Gasteiger partial charge in [-0.3, -0.25) is 14.5 Å². The van der Waals surface area contributed by atoms with Crippen LogP contribution >= 0.6 is 0 Å². The Bertz CT molecular complexity index is 1210. The third-order valence-electron chi connectivity index (χ3n) is 6.36. The van der Waals surface area contributed by atoms with Crippen molar-refractivity contribution < 1.29 is 4.39 Å². The van der Waals surface area contributed by atoms with E-state index in [2.05, 4.69) is 20.9 Å². The monoisotopic (exact) mass is 414 g/mol. The number of anilines is 1. The molecule has 6 nitrogen and oxygen atoms in total. The van der Waals surface area contributed by atoms with Gasteiger partial charge in [-0.05, 0) is 74.5 Å². The summed E-state index contributed by atoms with van der Waals surface area (Å²) in [6.45, 7) is 4.49. The summed E-state index contributed by atoms with van der Waals surface area (Å²) in [5.41, 5.74) is 3.39. The van der Waals surface area contributed by atoms with E-state index >= 15 is 0 Å². The van der Waals surface area contributed by atoms with E-state index in [0.717, 1.165) is 47.1 Å². The molecule has 1 aromatic carbocycles. The number of benzene rings is 1. The molecule has 7 heteroatoms. The van der Waals surface area contributed by atoms with Gasteiger partial charge in [0.15, 0.2) is 5.65 Å². The van der Waals surface area contributed by atoms with Crippen LogP contribution in [0.2, 0.25) is 0 Å². The Hall–Kier alpha value is -3.32. The summed E-state index contributed by atoms with van der Waals surface area (Å²) >= 11 is 0. The van der Waals surface area contributed by atoms with Gasteiger partial charge >= 0.3 is 0 Å². The third kappa shape index (κ3) is 3.25. The first kappa shape index (κ1) is 18.4. The van der Waals surface area contributed by atoms with Gasteiger partial charge in [-0.25, -0.2) is 14.4 Å². The number of halogens is 1. The van der Waals surface area contributed by atoms with Crippen LogP contribution in [0.25, 0.3) is 28.2 Å². The first-order chi connectivity index (χ1) is 15.3. The van der Waals surface area contributed by atoms with E-state index in [4.69, 9.17) is 9.97 Å². The molecular weight excluding hydrogens is 391 g/mol. The topological polar surface area (TPSA) is 50.1 Å². The van der Waals surface area contributed by atoms with E-state index in [0.29, 0.717) is 6.04 Å². The lowest BCUT2D eigenvalue weighted by Gasteiger charge is -2.44. The zero-order valence-corrected chi connectivity index (χ0v) is 17.2. The normalized spacial score (nSPS) is 17.4. The van der Waals surface area contributed by atoms with Crippen LogP contribution in [0.3, 0.4) is 0 Å². The lowest BCUT2D eigenvalue weighted by molar-refractivity contribution is 0.204. The van der Waals surface area contributed by atoms with E-state index < -0.39 is 0 Å². The highest BCUT2D eigenvalue weighted by molar-refractivity contribution is 5.81. The van der Waals surface area contributed by atoms with Gasteiger partial charge in [0, 0.05) is 37.1 Å². The summed E-state index contributed by atoms with van der Waals surface area (Å²) in [6.07, 6.45) is 6.15. The van der Waals surface area contributed by atoms with Gasteiger partial charge in [0.1, 0.15) is 23.0 Å². The van der Waals surface area contributed by atoms with Crippen molar-refractivity contribution >= 4 is 17.0 Å². The SMILES string of the molecule is Fc1ccc(-c2nc3ccc(N4CC(N5CCCC5)C4)nc3n2-c2ccncc2)cc1. The first-order valence-electron chi connectivity index (χ1n) is 10.8. The Balaban J connectivity index is 1.41. The number of likely N-dealkylation sites (tertiary alicyclic amines) is 1. The summed E-state index contributed by atoms with van der Waals surface area (Å²) in [4.78, 5) is 18.9. The number of rotatable bonds is 4. The number of fused-ring (bicyclic) bond motifs is 1. The highest BCUT2D eigenvalue weighted by Crippen LogP contribution is 2.31. The maximum Gasteiger partial charge on any atom is 0.167 e. The molecule has 2 saturated heterocycles. The van der Waals surface area contributed by atoms with Gasteiger partial charge in [0.05, 0.1) is 5.69 Å². The quantitative estimate of drug-likeness (QED) is 0.507. The Morgan fingerprint density at radius 1 is 0.839 bits per heavy atom. The number of imidazole rings is 1. The molecule has 156 valence electrons. The molecule has 31 heavy (non-hydrogen) atoms. The van der Waals surface area contributed by atoms with Gasteiger partial charge in [0.25, 0.3) is 0 Å².